The van der Waals surface area contributed by atoms with Crippen molar-refractivity contribution in [1.29, 1.82) is 0 Å². The van der Waals surface area contributed by atoms with Gasteiger partial charge in [-0.2, -0.15) is 4.57 Å². The molecule has 0 saturated heterocycles. The van der Waals surface area contributed by atoms with Gasteiger partial charge in [0.2, 0.25) is 5.69 Å². The van der Waals surface area contributed by atoms with Crippen LogP contribution in [0.3, 0.4) is 0 Å². The molecule has 1 aromatic carbocycles. The van der Waals surface area contributed by atoms with Gasteiger partial charge < -0.3 is 13.6 Å². The summed E-state index contributed by atoms with van der Waals surface area (Å²) < 4.78 is 53.3. The molecule has 33 heavy (non-hydrogen) atoms. The van der Waals surface area contributed by atoms with E-state index in [1.807, 2.05) is 12.5 Å². The lowest BCUT2D eigenvalue weighted by atomic mass is 9.54. The lowest BCUT2D eigenvalue weighted by Gasteiger charge is -2.48. The number of furan rings is 2. The average molecular weight is 470 g/mol. The van der Waals surface area contributed by atoms with Gasteiger partial charge in [0, 0.05) is 29.2 Å². The van der Waals surface area contributed by atoms with E-state index in [9.17, 15) is 0 Å². The maximum atomic E-state index is 8.49. The van der Waals surface area contributed by atoms with E-state index < -0.39 is 10.2 Å². The van der Waals surface area contributed by atoms with Crippen LogP contribution in [0.2, 0.25) is 0 Å². The largest absolute Gasteiger partial charge is 0.491 e. The first-order valence-electron chi connectivity index (χ1n) is 10.2. The molecule has 4 aromatic rings. The Kier molecular flexibility index (Phi) is 5.27. The van der Waals surface area contributed by atoms with Gasteiger partial charge in [-0.05, 0) is 23.8 Å². The van der Waals surface area contributed by atoms with Gasteiger partial charge in [0.1, 0.15) is 0 Å². The molecule has 0 radical (unpaired) electrons. The number of fused-ring (bicyclic) bond motifs is 1. The summed E-state index contributed by atoms with van der Waals surface area (Å²) in [6.45, 7) is 0. The van der Waals surface area contributed by atoms with E-state index >= 15 is 0 Å². The fourth-order valence-corrected chi connectivity index (χ4v) is 5.53. The number of rotatable bonds is 3. The van der Waals surface area contributed by atoms with Gasteiger partial charge in [0.15, 0.2) is 18.0 Å². The summed E-state index contributed by atoms with van der Waals surface area (Å²) in [6, 6.07) is 17.3. The molecule has 0 spiro atoms. The molecule has 2 aliphatic heterocycles. The highest BCUT2D eigenvalue weighted by Crippen LogP contribution is 2.60. The zero-order valence-electron chi connectivity index (χ0n) is 17.6. The Labute approximate surface area is 191 Å². The Morgan fingerprint density at radius 1 is 0.909 bits per heavy atom. The third-order valence-corrected chi connectivity index (χ3v) is 6.60. The van der Waals surface area contributed by atoms with Crippen molar-refractivity contribution in [3.63, 3.8) is 0 Å². The van der Waals surface area contributed by atoms with Crippen molar-refractivity contribution in [2.75, 3.05) is 7.11 Å². The first kappa shape index (κ1) is 21.7. The zero-order valence-corrected chi connectivity index (χ0v) is 18.3. The quantitative estimate of drug-likeness (QED) is 0.381. The molecular weight excluding hydrogens is 450 g/mol. The molecule has 2 atom stereocenters. The summed E-state index contributed by atoms with van der Waals surface area (Å²) in [6.07, 6.45) is 10.4. The van der Waals surface area contributed by atoms with Crippen molar-refractivity contribution < 1.29 is 47.0 Å². The number of aromatic nitrogens is 1. The lowest BCUT2D eigenvalue weighted by Crippen LogP contribution is -2.68. The molecule has 3 aromatic heterocycles. The number of ether oxygens (including phenoxy) is 1. The Morgan fingerprint density at radius 3 is 2.06 bits per heavy atom. The molecule has 5 heterocycles. The second kappa shape index (κ2) is 8.02. The molecule has 0 amide bonds. The fraction of sp³-hybridized carbons (Fsp3) is 0.208. The summed E-state index contributed by atoms with van der Waals surface area (Å²) in [5.41, 5.74) is 6.04. The molecule has 2 bridgehead atoms. The predicted molar refractivity (Wildman–Crippen MR) is 102 cm³/mol. The predicted octanol–water partition coefficient (Wildman–Crippen LogP) is -0.163. The van der Waals surface area contributed by atoms with Crippen LogP contribution in [0.15, 0.2) is 88.6 Å². The van der Waals surface area contributed by atoms with E-state index in [4.69, 9.17) is 32.2 Å². The maximum absolute atomic E-state index is 8.49. The fourth-order valence-electron chi connectivity index (χ4n) is 5.53. The number of nitrogens with zero attached hydrogens (tertiary/aromatic N) is 1. The lowest BCUT2D eigenvalue weighted by molar-refractivity contribution is -2.00. The van der Waals surface area contributed by atoms with Crippen LogP contribution in [0.4, 0.5) is 0 Å². The highest BCUT2D eigenvalue weighted by Gasteiger charge is 2.61. The number of benzene rings is 1. The van der Waals surface area contributed by atoms with Crippen LogP contribution < -0.4 is 27.9 Å². The summed E-state index contributed by atoms with van der Waals surface area (Å²) >= 11 is 0. The summed E-state index contributed by atoms with van der Waals surface area (Å²) in [4.78, 5) is 0. The molecule has 8 nitrogen and oxygen atoms in total. The standard InChI is InChI=1S/C24H20NO3.ClHO4/c1-26-21-7-4-10-25-20-13-24(16-8-11-27-14-16,17-9-12-28-15-17)22(23(21)25)19-6-3-2-5-18(19)20;2-1(3,4)5/h2-12,14-15,20,22H,13H2,1H3;(H,2,3,4,5)/q+1;/p-1. The van der Waals surface area contributed by atoms with E-state index in [0.717, 1.165) is 12.2 Å². The van der Waals surface area contributed by atoms with Crippen LogP contribution in [0.1, 0.15) is 46.3 Å². The van der Waals surface area contributed by atoms with Crippen molar-refractivity contribution >= 4 is 0 Å². The van der Waals surface area contributed by atoms with Crippen LogP contribution in [0.5, 0.6) is 5.75 Å². The average Bonchev–Trinajstić information content (AvgIpc) is 3.52. The van der Waals surface area contributed by atoms with Crippen molar-refractivity contribution in [2.45, 2.75) is 23.8 Å². The van der Waals surface area contributed by atoms with Gasteiger partial charge in [-0.25, -0.2) is 18.6 Å². The van der Waals surface area contributed by atoms with E-state index in [-0.39, 0.29) is 17.4 Å². The summed E-state index contributed by atoms with van der Waals surface area (Å²) in [5.74, 6) is 1.02. The molecule has 0 saturated carbocycles. The molecule has 3 aliphatic rings. The normalized spacial score (nSPS) is 19.8. The summed E-state index contributed by atoms with van der Waals surface area (Å²) in [5, 5.41) is 0. The van der Waals surface area contributed by atoms with Crippen LogP contribution in [-0.4, -0.2) is 7.11 Å². The van der Waals surface area contributed by atoms with Crippen molar-refractivity contribution in [3.05, 3.63) is 108 Å². The summed E-state index contributed by atoms with van der Waals surface area (Å²) in [7, 11) is -3.19. The van der Waals surface area contributed by atoms with Gasteiger partial charge >= 0.3 is 0 Å². The first-order chi connectivity index (χ1) is 15.8. The zero-order chi connectivity index (χ0) is 23.2. The van der Waals surface area contributed by atoms with Gasteiger partial charge in [0.05, 0.1) is 43.5 Å². The molecule has 1 aliphatic carbocycles. The van der Waals surface area contributed by atoms with Gasteiger partial charge in [0.25, 0.3) is 0 Å². The third-order valence-electron chi connectivity index (χ3n) is 6.60. The smallest absolute Gasteiger partial charge is 0.232 e. The number of halogens is 1. The molecule has 2 unspecified atom stereocenters. The minimum Gasteiger partial charge on any atom is -0.491 e. The van der Waals surface area contributed by atoms with Gasteiger partial charge in [-0.1, -0.05) is 24.3 Å². The SMILES string of the molecule is COc1ccc[n+]2c1C1c3ccccc3C2CC1(c1ccoc1)c1ccoc1.[O-][Cl+3]([O-])([O-])[O-]. The Morgan fingerprint density at radius 2 is 1.52 bits per heavy atom. The second-order valence-electron chi connectivity index (χ2n) is 8.02. The number of methoxy groups -OCH3 is 1. The Hall–Kier alpha value is -3.14. The molecule has 9 heteroatoms. The van der Waals surface area contributed by atoms with E-state index in [2.05, 4.69) is 59.3 Å². The highest BCUT2D eigenvalue weighted by molar-refractivity contribution is 5.55. The van der Waals surface area contributed by atoms with Gasteiger partial charge in [-0.15, -0.1) is 10.2 Å². The monoisotopic (exact) mass is 469 g/mol. The number of pyridine rings is 1. The minimum atomic E-state index is -4.94. The second-order valence-corrected chi connectivity index (χ2v) is 8.78. The molecular formula is C24H20ClNO7. The van der Waals surface area contributed by atoms with Crippen LogP contribution in [0, 0.1) is 10.2 Å². The molecule has 0 N–H and O–H groups in total. The third kappa shape index (κ3) is 3.52. The molecule has 0 fully saturated rings. The van der Waals surface area contributed by atoms with Crippen LogP contribution in [-0.2, 0) is 5.41 Å². The van der Waals surface area contributed by atoms with Gasteiger partial charge in [-0.3, -0.25) is 0 Å². The highest BCUT2D eigenvalue weighted by atomic mass is 35.7. The Balaban J connectivity index is 0.000000416. The van der Waals surface area contributed by atoms with Crippen LogP contribution >= 0.6 is 0 Å². The minimum absolute atomic E-state index is 0.0973. The number of hydrogen-bond acceptors (Lipinski definition) is 7. The Bertz CT molecular complexity index is 1210. The molecule has 170 valence electrons. The van der Waals surface area contributed by atoms with Crippen molar-refractivity contribution in [1.82, 2.24) is 0 Å². The van der Waals surface area contributed by atoms with E-state index in [0.29, 0.717) is 0 Å². The van der Waals surface area contributed by atoms with Crippen molar-refractivity contribution in [3.8, 4) is 5.75 Å². The van der Waals surface area contributed by atoms with E-state index in [1.165, 1.54) is 27.9 Å². The number of hydrogen-bond donors (Lipinski definition) is 0. The first-order valence-corrected chi connectivity index (χ1v) is 11.4. The maximum Gasteiger partial charge on any atom is 0.232 e. The van der Waals surface area contributed by atoms with E-state index in [1.54, 1.807) is 19.6 Å². The molecule has 7 rings (SSSR count). The topological polar surface area (TPSA) is 132 Å². The van der Waals surface area contributed by atoms with Crippen molar-refractivity contribution in [2.24, 2.45) is 0 Å². The van der Waals surface area contributed by atoms with Crippen LogP contribution in [0.25, 0.3) is 0 Å².